The molecule has 0 aliphatic heterocycles. The van der Waals surface area contributed by atoms with E-state index >= 15 is 0 Å². The molecule has 0 atom stereocenters. The summed E-state index contributed by atoms with van der Waals surface area (Å²) >= 11 is 0. The number of imidazole rings is 1. The van der Waals surface area contributed by atoms with Crippen molar-refractivity contribution in [2.45, 2.75) is 166 Å². The second-order valence-electron chi connectivity index (χ2n) is 17.4. The van der Waals surface area contributed by atoms with Gasteiger partial charge in [0.1, 0.15) is 5.65 Å². The second kappa shape index (κ2) is 44.3. The van der Waals surface area contributed by atoms with Crippen molar-refractivity contribution in [3.8, 4) is 0 Å². The lowest BCUT2D eigenvalue weighted by Crippen LogP contribution is -1.86. The van der Waals surface area contributed by atoms with Gasteiger partial charge >= 0.3 is 0 Å². The van der Waals surface area contributed by atoms with Gasteiger partial charge in [0.25, 0.3) is 0 Å². The maximum absolute atomic E-state index is 4.54. The number of pyridine rings is 9. The van der Waals surface area contributed by atoms with E-state index in [1.165, 1.54) is 33.2 Å². The summed E-state index contributed by atoms with van der Waals surface area (Å²) in [7, 11) is 0. The average molecular weight is 1190 g/mol. The van der Waals surface area contributed by atoms with Gasteiger partial charge in [0.15, 0.2) is 0 Å². The van der Waals surface area contributed by atoms with Gasteiger partial charge in [0, 0.05) is 104 Å². The van der Waals surface area contributed by atoms with Crippen LogP contribution in [0.2, 0.25) is 0 Å². The minimum Gasteiger partial charge on any atom is -0.304 e. The van der Waals surface area contributed by atoms with E-state index in [0.717, 1.165) is 93.5 Å². The van der Waals surface area contributed by atoms with E-state index in [4.69, 9.17) is 0 Å². The van der Waals surface area contributed by atoms with Gasteiger partial charge in [-0.1, -0.05) is 203 Å². The van der Waals surface area contributed by atoms with Crippen molar-refractivity contribution in [1.29, 1.82) is 0 Å². The summed E-state index contributed by atoms with van der Waals surface area (Å²) in [6.45, 7) is 48.4. The molecule has 0 saturated carbocycles. The Labute approximate surface area is 534 Å². The van der Waals surface area contributed by atoms with Crippen molar-refractivity contribution >= 4 is 92.9 Å². The van der Waals surface area contributed by atoms with Crippen LogP contribution < -0.4 is 0 Å². The molecule has 0 N–H and O–H groups in total. The summed E-state index contributed by atoms with van der Waals surface area (Å²) in [5.74, 6) is 0. The van der Waals surface area contributed by atoms with Crippen LogP contribution >= 0.6 is 0 Å². The van der Waals surface area contributed by atoms with Crippen LogP contribution in [0.15, 0.2) is 195 Å². The predicted molar refractivity (Wildman–Crippen MR) is 394 cm³/mol. The molecule has 14 rings (SSSR count). The molecule has 10 heterocycles. The monoisotopic (exact) mass is 1190 g/mol. The highest BCUT2D eigenvalue weighted by Gasteiger charge is 2.07. The van der Waals surface area contributed by atoms with Crippen LogP contribution in [-0.2, 0) is 0 Å². The van der Waals surface area contributed by atoms with E-state index in [1.807, 2.05) is 249 Å². The van der Waals surface area contributed by atoms with E-state index in [-0.39, 0.29) is 0 Å². The van der Waals surface area contributed by atoms with Gasteiger partial charge in [-0.3, -0.25) is 39.9 Å². The van der Waals surface area contributed by atoms with Gasteiger partial charge in [-0.05, 0) is 125 Å². The average Bonchev–Trinajstić information content (AvgIpc) is 2.09. The Kier molecular flexibility index (Phi) is 38.8. The molecule has 0 saturated heterocycles. The molecule has 10 aromatic heterocycles. The summed E-state index contributed by atoms with van der Waals surface area (Å²) in [5, 5.41) is 9.24. The first-order chi connectivity index (χ1) is 43.7. The first-order valence-electron chi connectivity index (χ1n) is 32.5. The van der Waals surface area contributed by atoms with E-state index in [1.54, 1.807) is 0 Å². The Bertz CT molecular complexity index is 4150. The van der Waals surface area contributed by atoms with Gasteiger partial charge in [-0.15, -0.1) is 0 Å². The zero-order chi connectivity index (χ0) is 66.8. The van der Waals surface area contributed by atoms with Crippen LogP contribution in [-0.4, -0.2) is 49.3 Å². The quantitative estimate of drug-likeness (QED) is 0.137. The van der Waals surface area contributed by atoms with Gasteiger partial charge < -0.3 is 4.40 Å². The van der Waals surface area contributed by atoms with Crippen LogP contribution in [0.25, 0.3) is 92.9 Å². The minimum absolute atomic E-state index is 0.981. The smallest absolute Gasteiger partial charge is 0.137 e. The van der Waals surface area contributed by atoms with Crippen LogP contribution in [0.3, 0.4) is 0 Å². The van der Waals surface area contributed by atoms with E-state index < -0.39 is 0 Å². The third-order valence-corrected chi connectivity index (χ3v) is 12.5. The molecule has 10 nitrogen and oxygen atoms in total. The number of hydrogen-bond donors (Lipinski definition) is 0. The standard InChI is InChI=1S/4C13H10N2.C9H10N2.9C2H6/c1-9-8-10-4-2-6-14-12(10)13-11(9)5-3-7-15-13;1-9-4-5-11-7-6-10-3-2-8-14-12(10)13(11)15-9;1-9-6-8-15-13-11(9)5-4-10-3-2-7-14-12(10)13;1-9-7-11-5-4-10-3-2-6-14-12(10)13(11)15-8-9;1-7-8(2)11-6-4-3-5-9(11)10-7;9*1-2/h4*2-8H,1H3;3-6H,1-2H3;9*1-2H3. The molecule has 0 bridgehead atoms. The molecule has 0 aliphatic carbocycles. The fraction of sp³-hybridized carbons (Fsp3) is 0.304. The topological polar surface area (TPSA) is 120 Å². The zero-order valence-corrected chi connectivity index (χ0v) is 58.4. The molecule has 14 aromatic rings. The Hall–Kier alpha value is -9.15. The highest BCUT2D eigenvalue weighted by molar-refractivity contribution is 6.06. The van der Waals surface area contributed by atoms with Crippen molar-refractivity contribution in [2.24, 2.45) is 0 Å². The highest BCUT2D eigenvalue weighted by atomic mass is 15.0. The lowest BCUT2D eigenvalue weighted by molar-refractivity contribution is 1.09. The fourth-order valence-electron chi connectivity index (χ4n) is 8.75. The van der Waals surface area contributed by atoms with Crippen molar-refractivity contribution in [1.82, 2.24) is 49.3 Å². The third-order valence-electron chi connectivity index (χ3n) is 12.5. The number of nitrogens with zero attached hydrogens (tertiary/aromatic N) is 10. The number of fused-ring (bicyclic) bond motifs is 13. The number of benzene rings is 4. The summed E-state index contributed by atoms with van der Waals surface area (Å²) < 4.78 is 2.09. The SMILES string of the molecule is CC.CC.CC.CC.CC.CC.CC.CC.CC.Cc1cc2cccnc2c2ncccc12.Cc1ccc2ccc3cccnc3c2n1.Cc1ccnc2c1ccc1cccnc12.Cc1cnc2c(ccc3cccnc32)c1.Cc1nc2ccccn2c1C. The molecular formula is C79H104N10. The molecule has 0 fully saturated rings. The summed E-state index contributed by atoms with van der Waals surface area (Å²) in [6.07, 6.45) is 14.8. The zero-order valence-electron chi connectivity index (χ0n) is 58.4. The predicted octanol–water partition coefficient (Wildman–Crippen LogP) is 23.6. The number of aryl methyl sites for hydroxylation is 6. The highest BCUT2D eigenvalue weighted by Crippen LogP contribution is 2.27. The molecule has 0 amide bonds. The maximum Gasteiger partial charge on any atom is 0.137 e. The van der Waals surface area contributed by atoms with Crippen LogP contribution in [0.4, 0.5) is 0 Å². The fourth-order valence-corrected chi connectivity index (χ4v) is 8.75. The largest absolute Gasteiger partial charge is 0.304 e. The summed E-state index contributed by atoms with van der Waals surface area (Å²) in [6, 6.07) is 49.1. The molecule has 4 aromatic carbocycles. The van der Waals surface area contributed by atoms with E-state index in [2.05, 4.69) is 162 Å². The molecule has 10 heteroatoms. The van der Waals surface area contributed by atoms with E-state index in [9.17, 15) is 0 Å². The van der Waals surface area contributed by atoms with Crippen LogP contribution in [0, 0.1) is 41.5 Å². The Morgan fingerprint density at radius 1 is 0.281 bits per heavy atom. The van der Waals surface area contributed by atoms with Crippen LogP contribution in [0.5, 0.6) is 0 Å². The van der Waals surface area contributed by atoms with Gasteiger partial charge in [-0.2, -0.15) is 0 Å². The molecule has 0 unspecified atom stereocenters. The number of rotatable bonds is 0. The Balaban J connectivity index is 0.000000523. The van der Waals surface area contributed by atoms with Crippen molar-refractivity contribution < 1.29 is 0 Å². The molecule has 0 radical (unpaired) electrons. The first kappa shape index (κ1) is 77.9. The van der Waals surface area contributed by atoms with Crippen LogP contribution in [0.1, 0.15) is 158 Å². The normalized spacial score (nSPS) is 9.35. The van der Waals surface area contributed by atoms with Crippen molar-refractivity contribution in [3.05, 3.63) is 229 Å². The number of aromatic nitrogens is 10. The Morgan fingerprint density at radius 3 is 1.19 bits per heavy atom. The molecule has 0 aliphatic rings. The van der Waals surface area contributed by atoms with E-state index in [0.29, 0.717) is 0 Å². The van der Waals surface area contributed by atoms with Crippen molar-refractivity contribution in [2.75, 3.05) is 0 Å². The maximum atomic E-state index is 4.54. The Morgan fingerprint density at radius 2 is 0.663 bits per heavy atom. The minimum atomic E-state index is 0.981. The van der Waals surface area contributed by atoms with Crippen molar-refractivity contribution in [3.63, 3.8) is 0 Å². The lowest BCUT2D eigenvalue weighted by Gasteiger charge is -2.04. The second-order valence-corrected chi connectivity index (χ2v) is 17.4. The van der Waals surface area contributed by atoms with Gasteiger partial charge in [-0.25, -0.2) is 4.98 Å². The van der Waals surface area contributed by atoms with Gasteiger partial charge in [0.2, 0.25) is 0 Å². The summed E-state index contributed by atoms with van der Waals surface area (Å²) in [4.78, 5) is 39.7. The lowest BCUT2D eigenvalue weighted by atomic mass is 10.1. The molecule has 89 heavy (non-hydrogen) atoms. The first-order valence-corrected chi connectivity index (χ1v) is 32.5. The summed E-state index contributed by atoms with van der Waals surface area (Å²) in [5.41, 5.74) is 16.0. The molecular weight excluding hydrogens is 1090 g/mol. The van der Waals surface area contributed by atoms with Gasteiger partial charge in [0.05, 0.1) is 49.8 Å². The molecule has 470 valence electrons. The number of hydrogen-bond acceptors (Lipinski definition) is 9. The molecule has 0 spiro atoms. The third kappa shape index (κ3) is 21.3.